The van der Waals surface area contributed by atoms with Crippen LogP contribution < -0.4 is 0 Å². The molecule has 1 aliphatic heterocycles. The number of aliphatic hydroxyl groups excluding tert-OH is 1. The monoisotopic (exact) mass is 438 g/mol. The molecule has 1 fully saturated rings. The second kappa shape index (κ2) is 10.8. The van der Waals surface area contributed by atoms with Crippen LogP contribution in [0.5, 0.6) is 0 Å². The van der Waals surface area contributed by atoms with Gasteiger partial charge in [0, 0.05) is 0 Å². The number of aliphatic hydroxyl groups is 1. The minimum atomic E-state index is -0.435. The molecule has 0 radical (unpaired) electrons. The molecular weight excluding hydrogens is 400 g/mol. The van der Waals surface area contributed by atoms with Crippen molar-refractivity contribution in [2.75, 3.05) is 6.61 Å². The van der Waals surface area contributed by atoms with Gasteiger partial charge in [-0.1, -0.05) is 94.4 Å². The first-order valence-corrected chi connectivity index (χ1v) is 11.5. The predicted molar refractivity (Wildman–Crippen MR) is 128 cm³/mol. The van der Waals surface area contributed by atoms with Crippen molar-refractivity contribution >= 4 is 0 Å². The maximum atomic E-state index is 10.1. The van der Waals surface area contributed by atoms with Crippen LogP contribution in [0.3, 0.4) is 0 Å². The number of rotatable bonds is 11. The van der Waals surface area contributed by atoms with Crippen molar-refractivity contribution in [1.29, 1.82) is 0 Å². The molecule has 2 aromatic carbocycles. The van der Waals surface area contributed by atoms with Gasteiger partial charge in [0.05, 0.1) is 25.9 Å². The van der Waals surface area contributed by atoms with E-state index in [0.717, 1.165) is 17.5 Å². The molecule has 2 aromatic rings. The Morgan fingerprint density at radius 3 is 1.84 bits per heavy atom. The standard InChI is InChI=1S/C28H38O4/c1-6-27(2,3)20-28(4,5)26-25(31-19-22-15-11-8-12-16-22)24(23(17-29)32-26)30-18-21-13-9-7-10-14-21/h6-16,23-26,29H,1,17-20H2,2-5H3. The number of hydrogen-bond donors (Lipinski definition) is 1. The van der Waals surface area contributed by atoms with Gasteiger partial charge in [-0.3, -0.25) is 0 Å². The predicted octanol–water partition coefficient (Wildman–Crippen LogP) is 5.55. The van der Waals surface area contributed by atoms with Crippen molar-refractivity contribution in [1.82, 2.24) is 0 Å². The summed E-state index contributed by atoms with van der Waals surface area (Å²) < 4.78 is 19.3. The second-order valence-corrected chi connectivity index (χ2v) is 10.2. The lowest BCUT2D eigenvalue weighted by Crippen LogP contribution is -2.45. The highest BCUT2D eigenvalue weighted by Gasteiger charge is 2.52. The van der Waals surface area contributed by atoms with Crippen molar-refractivity contribution < 1.29 is 19.3 Å². The molecule has 1 N–H and O–H groups in total. The first-order valence-electron chi connectivity index (χ1n) is 11.5. The smallest absolute Gasteiger partial charge is 0.115 e. The first-order chi connectivity index (χ1) is 15.3. The number of allylic oxidation sites excluding steroid dienone is 1. The third kappa shape index (κ3) is 6.29. The molecule has 0 aliphatic carbocycles. The van der Waals surface area contributed by atoms with Crippen LogP contribution in [-0.4, -0.2) is 36.1 Å². The fourth-order valence-corrected chi connectivity index (χ4v) is 4.77. The van der Waals surface area contributed by atoms with E-state index in [0.29, 0.717) is 13.2 Å². The fourth-order valence-electron chi connectivity index (χ4n) is 4.77. The molecule has 4 unspecified atom stereocenters. The molecule has 0 spiro atoms. The van der Waals surface area contributed by atoms with Gasteiger partial charge in [0.15, 0.2) is 0 Å². The molecule has 32 heavy (non-hydrogen) atoms. The Bertz CT molecular complexity index is 831. The Morgan fingerprint density at radius 2 is 1.38 bits per heavy atom. The van der Waals surface area contributed by atoms with Crippen LogP contribution in [0.4, 0.5) is 0 Å². The van der Waals surface area contributed by atoms with E-state index < -0.39 is 6.10 Å². The normalized spacial score (nSPS) is 23.9. The molecule has 0 amide bonds. The maximum absolute atomic E-state index is 10.1. The van der Waals surface area contributed by atoms with Crippen LogP contribution in [0.2, 0.25) is 0 Å². The van der Waals surface area contributed by atoms with Gasteiger partial charge in [0.25, 0.3) is 0 Å². The van der Waals surface area contributed by atoms with Crippen LogP contribution in [0.25, 0.3) is 0 Å². The molecule has 1 saturated heterocycles. The van der Waals surface area contributed by atoms with Crippen molar-refractivity contribution in [2.45, 2.75) is 71.7 Å². The summed E-state index contributed by atoms with van der Waals surface area (Å²) in [5.74, 6) is 0. The molecule has 0 bridgehead atoms. The lowest BCUT2D eigenvalue weighted by molar-refractivity contribution is -0.104. The van der Waals surface area contributed by atoms with E-state index in [4.69, 9.17) is 14.2 Å². The highest BCUT2D eigenvalue weighted by molar-refractivity contribution is 5.15. The summed E-state index contributed by atoms with van der Waals surface area (Å²) in [4.78, 5) is 0. The zero-order chi connectivity index (χ0) is 23.2. The third-order valence-electron chi connectivity index (χ3n) is 6.29. The van der Waals surface area contributed by atoms with Crippen molar-refractivity contribution in [3.63, 3.8) is 0 Å². The molecule has 4 nitrogen and oxygen atoms in total. The summed E-state index contributed by atoms with van der Waals surface area (Å²) >= 11 is 0. The summed E-state index contributed by atoms with van der Waals surface area (Å²) in [6.07, 6.45) is 1.56. The van der Waals surface area contributed by atoms with Gasteiger partial charge in [-0.15, -0.1) is 6.58 Å². The summed E-state index contributed by atoms with van der Waals surface area (Å²) in [5.41, 5.74) is 1.93. The van der Waals surface area contributed by atoms with Gasteiger partial charge in [-0.25, -0.2) is 0 Å². The first kappa shape index (κ1) is 24.7. The minimum absolute atomic E-state index is 0.0471. The molecule has 4 atom stereocenters. The van der Waals surface area contributed by atoms with Crippen LogP contribution in [0, 0.1) is 10.8 Å². The average molecular weight is 439 g/mol. The molecular formula is C28H38O4. The molecule has 0 aromatic heterocycles. The quantitative estimate of drug-likeness (QED) is 0.468. The highest BCUT2D eigenvalue weighted by atomic mass is 16.6. The van der Waals surface area contributed by atoms with E-state index in [-0.39, 0.29) is 35.7 Å². The Morgan fingerprint density at radius 1 is 0.875 bits per heavy atom. The van der Waals surface area contributed by atoms with Crippen LogP contribution in [0.15, 0.2) is 73.3 Å². The van der Waals surface area contributed by atoms with Crippen LogP contribution >= 0.6 is 0 Å². The van der Waals surface area contributed by atoms with Crippen molar-refractivity contribution in [2.24, 2.45) is 10.8 Å². The van der Waals surface area contributed by atoms with Crippen LogP contribution in [-0.2, 0) is 27.4 Å². The Kier molecular flexibility index (Phi) is 8.29. The topological polar surface area (TPSA) is 47.9 Å². The fraction of sp³-hybridized carbons (Fsp3) is 0.500. The SMILES string of the molecule is C=CC(C)(C)CC(C)(C)C1OC(CO)C(OCc2ccccc2)C1OCc1ccccc1. The molecule has 3 rings (SSSR count). The second-order valence-electron chi connectivity index (χ2n) is 10.2. The summed E-state index contributed by atoms with van der Waals surface area (Å²) in [5, 5.41) is 10.1. The van der Waals surface area contributed by atoms with E-state index in [1.807, 2.05) is 54.6 Å². The summed E-state index contributed by atoms with van der Waals surface area (Å²) in [6.45, 7) is 13.6. The maximum Gasteiger partial charge on any atom is 0.115 e. The Balaban J connectivity index is 1.83. The van der Waals surface area contributed by atoms with E-state index in [2.05, 4.69) is 46.4 Å². The van der Waals surface area contributed by atoms with E-state index in [1.165, 1.54) is 0 Å². The van der Waals surface area contributed by atoms with Crippen molar-refractivity contribution in [3.8, 4) is 0 Å². The van der Waals surface area contributed by atoms with E-state index in [9.17, 15) is 5.11 Å². The van der Waals surface area contributed by atoms with Gasteiger partial charge in [0.2, 0.25) is 0 Å². The largest absolute Gasteiger partial charge is 0.394 e. The number of ether oxygens (including phenoxy) is 3. The average Bonchev–Trinajstić information content (AvgIpc) is 3.15. The van der Waals surface area contributed by atoms with Gasteiger partial charge < -0.3 is 19.3 Å². The van der Waals surface area contributed by atoms with Crippen molar-refractivity contribution in [3.05, 3.63) is 84.4 Å². The van der Waals surface area contributed by atoms with E-state index in [1.54, 1.807) is 0 Å². The Labute approximate surface area is 193 Å². The minimum Gasteiger partial charge on any atom is -0.394 e. The van der Waals surface area contributed by atoms with Gasteiger partial charge >= 0.3 is 0 Å². The zero-order valence-corrected chi connectivity index (χ0v) is 19.9. The summed E-state index contributed by atoms with van der Waals surface area (Å²) in [6, 6.07) is 20.2. The van der Waals surface area contributed by atoms with Crippen LogP contribution in [0.1, 0.15) is 45.2 Å². The van der Waals surface area contributed by atoms with Gasteiger partial charge in [-0.05, 0) is 28.4 Å². The highest BCUT2D eigenvalue weighted by Crippen LogP contribution is 2.44. The number of hydrogen-bond acceptors (Lipinski definition) is 4. The molecule has 174 valence electrons. The molecule has 1 aliphatic rings. The lowest BCUT2D eigenvalue weighted by atomic mass is 9.71. The lowest BCUT2D eigenvalue weighted by Gasteiger charge is -2.39. The third-order valence-corrected chi connectivity index (χ3v) is 6.29. The van der Waals surface area contributed by atoms with Gasteiger partial charge in [-0.2, -0.15) is 0 Å². The zero-order valence-electron chi connectivity index (χ0n) is 19.9. The van der Waals surface area contributed by atoms with Gasteiger partial charge in [0.1, 0.15) is 18.3 Å². The van der Waals surface area contributed by atoms with E-state index >= 15 is 0 Å². The molecule has 0 saturated carbocycles. The Hall–Kier alpha value is -1.98. The summed E-state index contributed by atoms with van der Waals surface area (Å²) in [7, 11) is 0. The molecule has 1 heterocycles. The number of benzene rings is 2. The molecule has 4 heteroatoms.